The van der Waals surface area contributed by atoms with Gasteiger partial charge in [-0.3, -0.25) is 9.59 Å². The molecule has 0 amide bonds. The number of rotatable bonds is 6. The van der Waals surface area contributed by atoms with Gasteiger partial charge in [0.25, 0.3) is 0 Å². The Labute approximate surface area is 175 Å². The second-order valence-corrected chi connectivity index (χ2v) is 8.32. The Morgan fingerprint density at radius 1 is 1.27 bits per heavy atom. The first kappa shape index (κ1) is 21.7. The lowest BCUT2D eigenvalue weighted by Crippen LogP contribution is -2.38. The number of esters is 1. The molecular weight excluding hydrogens is 388 g/mol. The Bertz CT molecular complexity index is 1010. The first-order chi connectivity index (χ1) is 14.1. The maximum absolute atomic E-state index is 13.4. The molecule has 0 unspecified atom stereocenters. The van der Waals surface area contributed by atoms with E-state index in [1.54, 1.807) is 26.8 Å². The van der Waals surface area contributed by atoms with Gasteiger partial charge in [0.15, 0.2) is 17.3 Å². The number of fused-ring (bicyclic) bond motifs is 2. The van der Waals surface area contributed by atoms with Gasteiger partial charge in [-0.1, -0.05) is 0 Å². The SMILES string of the molecule is COc1c(O)c(O)cc2c(C)c3c(cc12)C(=O)[C@](C)(CCCC(=O)OC(C)C)CO3. The molecule has 0 aliphatic carbocycles. The lowest BCUT2D eigenvalue weighted by molar-refractivity contribution is -0.147. The van der Waals surface area contributed by atoms with Crippen LogP contribution in [0.25, 0.3) is 10.8 Å². The standard InChI is InChI=1S/C23H28O7/c1-12(2)30-18(25)7-6-8-23(4)11-29-20-13(3)14-10-17(24)19(26)21(28-5)15(14)9-16(20)22(23)27/h9-10,12,24,26H,6-8,11H2,1-5H3/t23-/m1/s1. The molecule has 0 radical (unpaired) electrons. The number of ketones is 1. The Kier molecular flexibility index (Phi) is 5.83. The van der Waals surface area contributed by atoms with Crippen molar-refractivity contribution in [2.75, 3.05) is 13.7 Å². The molecule has 3 rings (SSSR count). The van der Waals surface area contributed by atoms with Gasteiger partial charge < -0.3 is 24.4 Å². The number of ether oxygens (including phenoxy) is 3. The number of methoxy groups -OCH3 is 1. The summed E-state index contributed by atoms with van der Waals surface area (Å²) in [6, 6.07) is 3.08. The summed E-state index contributed by atoms with van der Waals surface area (Å²) in [6.07, 6.45) is 1.07. The number of hydrogen-bond acceptors (Lipinski definition) is 7. The highest BCUT2D eigenvalue weighted by Gasteiger charge is 2.41. The maximum Gasteiger partial charge on any atom is 0.306 e. The van der Waals surface area contributed by atoms with Gasteiger partial charge in [0, 0.05) is 11.8 Å². The molecule has 162 valence electrons. The quantitative estimate of drug-likeness (QED) is 0.535. The summed E-state index contributed by atoms with van der Waals surface area (Å²) in [5, 5.41) is 21.3. The van der Waals surface area contributed by atoms with Gasteiger partial charge in [-0.2, -0.15) is 0 Å². The first-order valence-electron chi connectivity index (χ1n) is 10.0. The number of aromatic hydroxyl groups is 2. The summed E-state index contributed by atoms with van der Waals surface area (Å²) < 4.78 is 16.4. The number of phenolic OH excluding ortho intramolecular Hbond substituents is 2. The summed E-state index contributed by atoms with van der Waals surface area (Å²) in [5.41, 5.74) is 0.311. The summed E-state index contributed by atoms with van der Waals surface area (Å²) >= 11 is 0. The molecule has 1 aliphatic rings. The van der Waals surface area contributed by atoms with Crippen LogP contribution in [0.1, 0.15) is 56.0 Å². The second-order valence-electron chi connectivity index (χ2n) is 8.32. The van der Waals surface area contributed by atoms with Crippen molar-refractivity contribution >= 4 is 22.5 Å². The van der Waals surface area contributed by atoms with Crippen LogP contribution in [0, 0.1) is 12.3 Å². The number of phenols is 2. The Hall–Kier alpha value is -2.96. The van der Waals surface area contributed by atoms with Crippen molar-refractivity contribution < 1.29 is 34.0 Å². The van der Waals surface area contributed by atoms with E-state index in [0.717, 1.165) is 0 Å². The van der Waals surface area contributed by atoms with E-state index in [2.05, 4.69) is 0 Å². The van der Waals surface area contributed by atoms with E-state index < -0.39 is 5.41 Å². The Morgan fingerprint density at radius 2 is 1.97 bits per heavy atom. The highest BCUT2D eigenvalue weighted by atomic mass is 16.5. The smallest absolute Gasteiger partial charge is 0.306 e. The van der Waals surface area contributed by atoms with Crippen LogP contribution in [0.3, 0.4) is 0 Å². The molecule has 0 saturated heterocycles. The van der Waals surface area contributed by atoms with Crippen molar-refractivity contribution in [2.24, 2.45) is 5.41 Å². The van der Waals surface area contributed by atoms with Crippen molar-refractivity contribution in [3.05, 3.63) is 23.3 Å². The average Bonchev–Trinajstić information content (AvgIpc) is 2.67. The predicted molar refractivity (Wildman–Crippen MR) is 112 cm³/mol. The normalized spacial score (nSPS) is 18.3. The number of carbonyl (C=O) groups excluding carboxylic acids is 2. The molecule has 1 heterocycles. The maximum atomic E-state index is 13.4. The van der Waals surface area contributed by atoms with E-state index in [1.807, 2.05) is 6.92 Å². The zero-order valence-corrected chi connectivity index (χ0v) is 18.0. The monoisotopic (exact) mass is 416 g/mol. The zero-order chi connectivity index (χ0) is 22.2. The van der Waals surface area contributed by atoms with Crippen LogP contribution in [0.15, 0.2) is 12.1 Å². The molecule has 2 N–H and O–H groups in total. The minimum Gasteiger partial charge on any atom is -0.504 e. The number of carbonyl (C=O) groups is 2. The lowest BCUT2D eigenvalue weighted by atomic mass is 9.76. The molecule has 0 fully saturated rings. The van der Waals surface area contributed by atoms with Crippen molar-refractivity contribution in [2.45, 2.75) is 53.1 Å². The largest absolute Gasteiger partial charge is 0.504 e. The van der Waals surface area contributed by atoms with Gasteiger partial charge in [0.1, 0.15) is 12.4 Å². The third kappa shape index (κ3) is 3.76. The fourth-order valence-corrected chi connectivity index (χ4v) is 3.95. The molecule has 7 nitrogen and oxygen atoms in total. The van der Waals surface area contributed by atoms with Crippen LogP contribution in [-0.4, -0.2) is 41.8 Å². The fourth-order valence-electron chi connectivity index (χ4n) is 3.95. The van der Waals surface area contributed by atoms with Gasteiger partial charge in [-0.15, -0.1) is 0 Å². The predicted octanol–water partition coefficient (Wildman–Crippen LogP) is 4.27. The highest BCUT2D eigenvalue weighted by molar-refractivity contribution is 6.09. The fraction of sp³-hybridized carbons (Fsp3) is 0.478. The molecule has 0 spiro atoms. The van der Waals surface area contributed by atoms with Crippen molar-refractivity contribution in [3.8, 4) is 23.0 Å². The van der Waals surface area contributed by atoms with Crippen LogP contribution in [-0.2, 0) is 9.53 Å². The lowest BCUT2D eigenvalue weighted by Gasteiger charge is -2.34. The topological polar surface area (TPSA) is 102 Å². The molecule has 2 aromatic carbocycles. The van der Waals surface area contributed by atoms with Crippen LogP contribution in [0.2, 0.25) is 0 Å². The van der Waals surface area contributed by atoms with E-state index in [9.17, 15) is 19.8 Å². The summed E-state index contributed by atoms with van der Waals surface area (Å²) in [7, 11) is 1.39. The van der Waals surface area contributed by atoms with Crippen LogP contribution < -0.4 is 9.47 Å². The minimum absolute atomic E-state index is 0.0828. The second kappa shape index (κ2) is 8.05. The first-order valence-corrected chi connectivity index (χ1v) is 10.0. The van der Waals surface area contributed by atoms with Gasteiger partial charge in [0.2, 0.25) is 5.75 Å². The van der Waals surface area contributed by atoms with Crippen LogP contribution in [0.5, 0.6) is 23.0 Å². The third-order valence-corrected chi connectivity index (χ3v) is 5.56. The summed E-state index contributed by atoms with van der Waals surface area (Å²) in [6.45, 7) is 7.43. The molecule has 1 aliphatic heterocycles. The van der Waals surface area contributed by atoms with Gasteiger partial charge in [0.05, 0.1) is 24.2 Å². The van der Waals surface area contributed by atoms with Gasteiger partial charge >= 0.3 is 5.97 Å². The number of hydrogen-bond donors (Lipinski definition) is 2. The van der Waals surface area contributed by atoms with E-state index in [0.29, 0.717) is 40.5 Å². The van der Waals surface area contributed by atoms with E-state index in [-0.39, 0.29) is 48.1 Å². The molecule has 30 heavy (non-hydrogen) atoms. The molecule has 2 aromatic rings. The van der Waals surface area contributed by atoms with Crippen molar-refractivity contribution in [3.63, 3.8) is 0 Å². The Morgan fingerprint density at radius 3 is 2.60 bits per heavy atom. The zero-order valence-electron chi connectivity index (χ0n) is 18.0. The van der Waals surface area contributed by atoms with Gasteiger partial charge in [-0.25, -0.2) is 0 Å². The Balaban J connectivity index is 1.94. The number of Topliss-reactive ketones (excluding diaryl/α,β-unsaturated/α-hetero) is 1. The molecule has 0 aromatic heterocycles. The highest BCUT2D eigenvalue weighted by Crippen LogP contribution is 2.48. The number of aryl methyl sites for hydroxylation is 1. The third-order valence-electron chi connectivity index (χ3n) is 5.56. The van der Waals surface area contributed by atoms with Crippen LogP contribution in [0.4, 0.5) is 0 Å². The molecular formula is C23H28O7. The van der Waals surface area contributed by atoms with Gasteiger partial charge in [-0.05, 0) is 63.6 Å². The van der Waals surface area contributed by atoms with Crippen LogP contribution >= 0.6 is 0 Å². The average molecular weight is 416 g/mol. The van der Waals surface area contributed by atoms with E-state index >= 15 is 0 Å². The van der Waals surface area contributed by atoms with E-state index in [4.69, 9.17) is 14.2 Å². The summed E-state index contributed by atoms with van der Waals surface area (Å²) in [4.78, 5) is 25.2. The van der Waals surface area contributed by atoms with E-state index in [1.165, 1.54) is 13.2 Å². The molecule has 7 heteroatoms. The molecule has 0 saturated carbocycles. The molecule has 1 atom stereocenters. The summed E-state index contributed by atoms with van der Waals surface area (Å²) in [5.74, 6) is -0.466. The minimum atomic E-state index is -0.780. The van der Waals surface area contributed by atoms with Crippen molar-refractivity contribution in [1.82, 2.24) is 0 Å². The number of benzene rings is 2. The molecule has 0 bridgehead atoms. The van der Waals surface area contributed by atoms with Crippen molar-refractivity contribution in [1.29, 1.82) is 0 Å².